The molecule has 0 aromatic rings. The quantitative estimate of drug-likeness (QED) is 0.513. The molecule has 0 aromatic carbocycles. The number of ketones is 1. The molecule has 0 heterocycles. The Morgan fingerprint density at radius 2 is 1.91 bits per heavy atom. The van der Waals surface area contributed by atoms with Gasteiger partial charge in [0.05, 0.1) is 10.9 Å². The maximum absolute atomic E-state index is 12.6. The Morgan fingerprint density at radius 3 is 2.68 bits per heavy atom. The molecule has 6 unspecified atom stereocenters. The molecule has 22 heavy (non-hydrogen) atoms. The van der Waals surface area contributed by atoms with Crippen LogP contribution < -0.4 is 0 Å². The number of hydrogen-bond donors (Lipinski definition) is 1. The fourth-order valence-corrected chi connectivity index (χ4v) is 7.32. The zero-order valence-electron chi connectivity index (χ0n) is 13.6. The van der Waals surface area contributed by atoms with Crippen molar-refractivity contribution in [3.05, 3.63) is 11.6 Å². The monoisotopic (exact) mass is 366 g/mol. The number of carbonyl (C=O) groups is 1. The van der Waals surface area contributed by atoms with Gasteiger partial charge < -0.3 is 5.11 Å². The second kappa shape index (κ2) is 4.92. The van der Waals surface area contributed by atoms with Crippen LogP contribution >= 0.6 is 15.9 Å². The van der Waals surface area contributed by atoms with Crippen LogP contribution in [0.3, 0.4) is 0 Å². The Kier molecular flexibility index (Phi) is 3.44. The van der Waals surface area contributed by atoms with Crippen LogP contribution in [-0.2, 0) is 4.79 Å². The van der Waals surface area contributed by atoms with E-state index >= 15 is 0 Å². The van der Waals surface area contributed by atoms with Crippen molar-refractivity contribution in [2.45, 2.75) is 69.7 Å². The summed E-state index contributed by atoms with van der Waals surface area (Å²) in [6.07, 6.45) is 9.63. The Labute approximate surface area is 141 Å². The van der Waals surface area contributed by atoms with Gasteiger partial charge in [0.25, 0.3) is 0 Å². The van der Waals surface area contributed by atoms with E-state index in [1.165, 1.54) is 12.0 Å². The van der Waals surface area contributed by atoms with E-state index in [0.29, 0.717) is 23.5 Å². The lowest BCUT2D eigenvalue weighted by Crippen LogP contribution is -2.50. The first-order valence-corrected chi connectivity index (χ1v) is 9.84. The van der Waals surface area contributed by atoms with Crippen LogP contribution in [0.2, 0.25) is 0 Å². The van der Waals surface area contributed by atoms with Gasteiger partial charge in [0, 0.05) is 5.41 Å². The lowest BCUT2D eigenvalue weighted by atomic mass is 9.48. The normalized spacial score (nSPS) is 54.3. The van der Waals surface area contributed by atoms with Crippen molar-refractivity contribution in [3.8, 4) is 0 Å². The Bertz CT molecular complexity index is 542. The first-order valence-electron chi connectivity index (χ1n) is 8.92. The molecule has 0 radical (unpaired) electrons. The lowest BCUT2D eigenvalue weighted by Gasteiger charge is -2.56. The van der Waals surface area contributed by atoms with Crippen molar-refractivity contribution >= 4 is 21.7 Å². The van der Waals surface area contributed by atoms with Gasteiger partial charge in [-0.05, 0) is 68.1 Å². The van der Waals surface area contributed by atoms with Crippen molar-refractivity contribution in [2.75, 3.05) is 0 Å². The summed E-state index contributed by atoms with van der Waals surface area (Å²) in [5, 5.41) is 10.0. The predicted octanol–water partition coefficient (Wildman–Crippen LogP) is 4.25. The molecule has 122 valence electrons. The summed E-state index contributed by atoms with van der Waals surface area (Å²) >= 11 is 3.64. The molecule has 3 saturated carbocycles. The van der Waals surface area contributed by atoms with Gasteiger partial charge in [-0.3, -0.25) is 4.79 Å². The van der Waals surface area contributed by atoms with Gasteiger partial charge in [0.1, 0.15) is 0 Å². The number of fused-ring (bicyclic) bond motifs is 5. The third-order valence-corrected chi connectivity index (χ3v) is 8.57. The van der Waals surface area contributed by atoms with Crippen LogP contribution in [0.1, 0.15) is 58.8 Å². The highest BCUT2D eigenvalue weighted by molar-refractivity contribution is 9.10. The van der Waals surface area contributed by atoms with Gasteiger partial charge in [-0.15, -0.1) is 0 Å². The van der Waals surface area contributed by atoms with Crippen LogP contribution in [0.4, 0.5) is 0 Å². The fraction of sp³-hybridized carbons (Fsp3) is 0.842. The van der Waals surface area contributed by atoms with Crippen LogP contribution in [-0.4, -0.2) is 21.8 Å². The first-order chi connectivity index (χ1) is 10.4. The van der Waals surface area contributed by atoms with Crippen LogP contribution in [0.15, 0.2) is 11.6 Å². The first kappa shape index (κ1) is 15.4. The fourth-order valence-electron chi connectivity index (χ4n) is 6.39. The van der Waals surface area contributed by atoms with Crippen molar-refractivity contribution in [1.29, 1.82) is 0 Å². The van der Waals surface area contributed by atoms with Crippen molar-refractivity contribution < 1.29 is 9.90 Å². The summed E-state index contributed by atoms with van der Waals surface area (Å²) in [5.41, 5.74) is 1.69. The molecule has 4 rings (SSSR count). The number of aliphatic hydroxyl groups excluding tert-OH is 1. The van der Waals surface area contributed by atoms with Crippen molar-refractivity contribution in [2.24, 2.45) is 28.6 Å². The molecule has 3 fully saturated rings. The van der Waals surface area contributed by atoms with E-state index in [4.69, 9.17) is 0 Å². The second-order valence-corrected chi connectivity index (χ2v) is 9.78. The molecule has 0 bridgehead atoms. The largest absolute Gasteiger partial charge is 0.393 e. The number of allylic oxidation sites excluding steroid dienone is 1. The van der Waals surface area contributed by atoms with E-state index in [2.05, 4.69) is 35.9 Å². The standard InChI is InChI=1S/C19H27BrO2/c1-18-7-5-12(21)9-11(18)3-4-13-14(18)6-8-19(2)15(13)10-16(20)17(19)22/h3,12-16,21H,4-10H2,1-2H3/t12?,13?,14?,15?,16-,18?,19?/m1/s1. The topological polar surface area (TPSA) is 37.3 Å². The third-order valence-electron chi connectivity index (χ3n) is 7.78. The Balaban J connectivity index is 1.70. The van der Waals surface area contributed by atoms with Crippen molar-refractivity contribution in [3.63, 3.8) is 0 Å². The van der Waals surface area contributed by atoms with Crippen LogP contribution in [0.5, 0.6) is 0 Å². The van der Waals surface area contributed by atoms with Crippen LogP contribution in [0.25, 0.3) is 0 Å². The molecule has 0 aromatic heterocycles. The number of carbonyl (C=O) groups excluding carboxylic acids is 1. The average molecular weight is 367 g/mol. The van der Waals surface area contributed by atoms with E-state index < -0.39 is 0 Å². The molecule has 2 nitrogen and oxygen atoms in total. The number of Topliss-reactive ketones (excluding diaryl/α,β-unsaturated/α-hetero) is 1. The number of hydrogen-bond acceptors (Lipinski definition) is 2. The van der Waals surface area contributed by atoms with E-state index in [1.54, 1.807) is 0 Å². The molecule has 0 amide bonds. The molecule has 4 aliphatic rings. The Morgan fingerprint density at radius 1 is 1.18 bits per heavy atom. The average Bonchev–Trinajstić information content (AvgIpc) is 2.72. The summed E-state index contributed by atoms with van der Waals surface area (Å²) in [4.78, 5) is 12.7. The van der Waals surface area contributed by atoms with Gasteiger partial charge in [-0.2, -0.15) is 0 Å². The third kappa shape index (κ3) is 1.90. The SMILES string of the molecule is CC12CCC3C(CC=C4CC(O)CCC43C)C1C[C@@H](Br)C2=O. The highest BCUT2D eigenvalue weighted by Crippen LogP contribution is 2.64. The maximum Gasteiger partial charge on any atom is 0.152 e. The van der Waals surface area contributed by atoms with E-state index in [9.17, 15) is 9.90 Å². The minimum absolute atomic E-state index is 0.0765. The minimum atomic E-state index is -0.135. The highest BCUT2D eigenvalue weighted by atomic mass is 79.9. The van der Waals surface area contributed by atoms with E-state index in [1.807, 2.05) is 0 Å². The molecular formula is C19H27BrO2. The molecule has 0 saturated heterocycles. The molecule has 0 spiro atoms. The number of alkyl halides is 1. The summed E-state index contributed by atoms with van der Waals surface area (Å²) in [6.45, 7) is 4.66. The molecule has 0 aliphatic heterocycles. The molecule has 4 aliphatic carbocycles. The number of halogens is 1. The predicted molar refractivity (Wildman–Crippen MR) is 90.8 cm³/mol. The van der Waals surface area contributed by atoms with Gasteiger partial charge in [0.15, 0.2) is 5.78 Å². The zero-order valence-corrected chi connectivity index (χ0v) is 15.2. The second-order valence-electron chi connectivity index (χ2n) is 8.68. The molecule has 3 heteroatoms. The highest BCUT2D eigenvalue weighted by Gasteiger charge is 2.60. The summed E-state index contributed by atoms with van der Waals surface area (Å²) in [5.74, 6) is 2.37. The molecule has 1 N–H and O–H groups in total. The van der Waals surface area contributed by atoms with E-state index in [-0.39, 0.29) is 21.8 Å². The maximum atomic E-state index is 12.6. The zero-order chi connectivity index (χ0) is 15.7. The number of rotatable bonds is 0. The smallest absolute Gasteiger partial charge is 0.152 e. The van der Waals surface area contributed by atoms with E-state index in [0.717, 1.165) is 38.5 Å². The summed E-state index contributed by atoms with van der Waals surface area (Å²) in [6, 6.07) is 0. The van der Waals surface area contributed by atoms with Gasteiger partial charge in [-0.1, -0.05) is 41.4 Å². The van der Waals surface area contributed by atoms with Gasteiger partial charge in [0.2, 0.25) is 0 Å². The van der Waals surface area contributed by atoms with Gasteiger partial charge >= 0.3 is 0 Å². The summed E-state index contributed by atoms with van der Waals surface area (Å²) < 4.78 is 0. The van der Waals surface area contributed by atoms with Crippen molar-refractivity contribution in [1.82, 2.24) is 0 Å². The van der Waals surface area contributed by atoms with Gasteiger partial charge in [-0.25, -0.2) is 0 Å². The molecular weight excluding hydrogens is 340 g/mol. The summed E-state index contributed by atoms with van der Waals surface area (Å²) in [7, 11) is 0. The number of aliphatic hydroxyl groups is 1. The van der Waals surface area contributed by atoms with Crippen LogP contribution in [0, 0.1) is 28.6 Å². The minimum Gasteiger partial charge on any atom is -0.393 e. The lowest BCUT2D eigenvalue weighted by molar-refractivity contribution is -0.131. The molecule has 7 atom stereocenters. The Hall–Kier alpha value is -0.150.